The van der Waals surface area contributed by atoms with Gasteiger partial charge in [-0.3, -0.25) is 9.59 Å². The van der Waals surface area contributed by atoms with Crippen LogP contribution in [0.5, 0.6) is 0 Å². The lowest BCUT2D eigenvalue weighted by atomic mass is 10.1. The van der Waals surface area contributed by atoms with Gasteiger partial charge in [0, 0.05) is 11.1 Å². The van der Waals surface area contributed by atoms with E-state index in [1.54, 1.807) is 60.7 Å². The summed E-state index contributed by atoms with van der Waals surface area (Å²) in [5, 5.41) is 34.5. The number of rotatable bonds is 8. The highest BCUT2D eigenvalue weighted by Crippen LogP contribution is 2.11. The van der Waals surface area contributed by atoms with Crippen LogP contribution in [-0.4, -0.2) is 44.3 Å². The predicted octanol–water partition coefficient (Wildman–Crippen LogP) is 3.26. The molecule has 0 amide bonds. The van der Waals surface area contributed by atoms with Gasteiger partial charge in [0.15, 0.2) is 0 Å². The van der Waals surface area contributed by atoms with E-state index in [0.29, 0.717) is 11.1 Å². The summed E-state index contributed by atoms with van der Waals surface area (Å²) in [4.78, 5) is 42.2. The molecule has 0 unspecified atom stereocenters. The van der Waals surface area contributed by atoms with Crippen molar-refractivity contribution in [3.63, 3.8) is 0 Å². The molecule has 0 aromatic heterocycles. The third-order valence-electron chi connectivity index (χ3n) is 3.51. The first-order chi connectivity index (χ1) is 14.2. The van der Waals surface area contributed by atoms with E-state index in [9.17, 15) is 19.2 Å². The molecule has 0 aliphatic carbocycles. The summed E-state index contributed by atoms with van der Waals surface area (Å²) in [6.07, 6.45) is 1.75. The first kappa shape index (κ1) is 23.8. The van der Waals surface area contributed by atoms with Crippen molar-refractivity contribution in [2.45, 2.75) is 12.8 Å². The second-order valence-corrected chi connectivity index (χ2v) is 5.91. The zero-order valence-corrected chi connectivity index (χ0v) is 15.8. The van der Waals surface area contributed by atoms with Gasteiger partial charge in [-0.05, 0) is 23.3 Å². The highest BCUT2D eigenvalue weighted by molar-refractivity contribution is 5.97. The molecule has 156 valence electrons. The SMILES string of the molecule is O=C(O)CC(=Cc1ccccc1)C(=O)O.O=C(O)CC(=Cc1ccccc1)C(=O)O. The highest BCUT2D eigenvalue weighted by atomic mass is 16.4. The molecule has 8 heteroatoms. The minimum absolute atomic E-state index is 0.131. The molecule has 0 aliphatic heterocycles. The fraction of sp³-hybridized carbons (Fsp3) is 0.0909. The van der Waals surface area contributed by atoms with Crippen LogP contribution >= 0.6 is 0 Å². The average molecular weight is 412 g/mol. The summed E-state index contributed by atoms with van der Waals surface area (Å²) >= 11 is 0. The second-order valence-electron chi connectivity index (χ2n) is 5.91. The van der Waals surface area contributed by atoms with Gasteiger partial charge in [0.1, 0.15) is 0 Å². The summed E-state index contributed by atoms with van der Waals surface area (Å²) in [7, 11) is 0. The Labute approximate surface area is 172 Å². The quantitative estimate of drug-likeness (QED) is 0.483. The van der Waals surface area contributed by atoms with Gasteiger partial charge in [0.25, 0.3) is 0 Å². The summed E-state index contributed by atoms with van der Waals surface area (Å²) in [5.74, 6) is -4.72. The van der Waals surface area contributed by atoms with E-state index in [4.69, 9.17) is 20.4 Å². The van der Waals surface area contributed by atoms with Crippen molar-refractivity contribution < 1.29 is 39.6 Å². The van der Waals surface area contributed by atoms with Crippen LogP contribution in [0.15, 0.2) is 71.8 Å². The van der Waals surface area contributed by atoms with Crippen LogP contribution in [0.2, 0.25) is 0 Å². The predicted molar refractivity (Wildman–Crippen MR) is 109 cm³/mol. The van der Waals surface area contributed by atoms with Gasteiger partial charge in [-0.1, -0.05) is 60.7 Å². The number of carboxylic acid groups (broad SMARTS) is 4. The van der Waals surface area contributed by atoms with Crippen molar-refractivity contribution in [2.75, 3.05) is 0 Å². The molecule has 0 aliphatic rings. The fourth-order valence-electron chi connectivity index (χ4n) is 2.20. The van der Waals surface area contributed by atoms with Gasteiger partial charge in [0.2, 0.25) is 0 Å². The zero-order valence-electron chi connectivity index (χ0n) is 15.8. The Bertz CT molecular complexity index is 864. The van der Waals surface area contributed by atoms with Crippen LogP contribution in [0.1, 0.15) is 24.0 Å². The Morgan fingerprint density at radius 2 is 0.867 bits per heavy atom. The molecule has 2 aromatic carbocycles. The molecule has 0 heterocycles. The average Bonchev–Trinajstić information content (AvgIpc) is 2.68. The van der Waals surface area contributed by atoms with Gasteiger partial charge in [-0.2, -0.15) is 0 Å². The molecular formula is C22H20O8. The van der Waals surface area contributed by atoms with E-state index in [1.165, 1.54) is 12.2 Å². The van der Waals surface area contributed by atoms with Crippen LogP contribution in [-0.2, 0) is 19.2 Å². The number of hydrogen-bond donors (Lipinski definition) is 4. The molecule has 30 heavy (non-hydrogen) atoms. The molecule has 0 fully saturated rings. The minimum atomic E-state index is -1.21. The van der Waals surface area contributed by atoms with Gasteiger partial charge in [-0.25, -0.2) is 9.59 Å². The van der Waals surface area contributed by atoms with Gasteiger partial charge >= 0.3 is 23.9 Å². The Morgan fingerprint density at radius 1 is 0.567 bits per heavy atom. The van der Waals surface area contributed by atoms with Crippen LogP contribution in [0.4, 0.5) is 0 Å². The Kier molecular flexibility index (Phi) is 9.77. The van der Waals surface area contributed by atoms with Crippen LogP contribution < -0.4 is 0 Å². The van der Waals surface area contributed by atoms with E-state index >= 15 is 0 Å². The lowest BCUT2D eigenvalue weighted by Crippen LogP contribution is -2.06. The van der Waals surface area contributed by atoms with Gasteiger partial charge in [0.05, 0.1) is 12.8 Å². The molecule has 0 atom stereocenters. The maximum Gasteiger partial charge on any atom is 0.332 e. The number of hydrogen-bond acceptors (Lipinski definition) is 4. The molecule has 2 rings (SSSR count). The summed E-state index contributed by atoms with van der Waals surface area (Å²) in [6, 6.07) is 17.5. The molecule has 0 bridgehead atoms. The molecule has 0 radical (unpaired) electrons. The maximum atomic E-state index is 10.7. The second kappa shape index (κ2) is 12.3. The van der Waals surface area contributed by atoms with Crippen molar-refractivity contribution in [1.82, 2.24) is 0 Å². The van der Waals surface area contributed by atoms with Crippen molar-refractivity contribution >= 4 is 36.0 Å². The normalized spacial score (nSPS) is 11.1. The molecule has 0 saturated heterocycles. The first-order valence-corrected chi connectivity index (χ1v) is 8.60. The largest absolute Gasteiger partial charge is 0.481 e. The van der Waals surface area contributed by atoms with E-state index in [2.05, 4.69) is 0 Å². The number of carboxylic acids is 4. The fourth-order valence-corrected chi connectivity index (χ4v) is 2.20. The monoisotopic (exact) mass is 412 g/mol. The Balaban J connectivity index is 0.000000300. The van der Waals surface area contributed by atoms with Crippen LogP contribution in [0, 0.1) is 0 Å². The van der Waals surface area contributed by atoms with E-state index in [-0.39, 0.29) is 11.1 Å². The third-order valence-corrected chi connectivity index (χ3v) is 3.51. The van der Waals surface area contributed by atoms with Crippen LogP contribution in [0.25, 0.3) is 12.2 Å². The standard InChI is InChI=1S/2C11H10O4/c2*12-10(13)7-9(11(14)15)6-8-4-2-1-3-5-8/h2*1-6H,7H2,(H,12,13)(H,14,15). The van der Waals surface area contributed by atoms with Crippen molar-refractivity contribution in [2.24, 2.45) is 0 Å². The molecule has 8 nitrogen and oxygen atoms in total. The summed E-state index contributed by atoms with van der Waals surface area (Å²) < 4.78 is 0. The Hall–Kier alpha value is -4.20. The first-order valence-electron chi connectivity index (χ1n) is 8.60. The smallest absolute Gasteiger partial charge is 0.332 e. The van der Waals surface area contributed by atoms with Gasteiger partial charge < -0.3 is 20.4 Å². The lowest BCUT2D eigenvalue weighted by molar-refractivity contribution is -0.139. The lowest BCUT2D eigenvalue weighted by Gasteiger charge is -1.98. The highest BCUT2D eigenvalue weighted by Gasteiger charge is 2.12. The summed E-state index contributed by atoms with van der Waals surface area (Å²) in [6.45, 7) is 0. The van der Waals surface area contributed by atoms with Gasteiger partial charge in [-0.15, -0.1) is 0 Å². The van der Waals surface area contributed by atoms with E-state index in [1.807, 2.05) is 0 Å². The number of aliphatic carboxylic acids is 4. The molecule has 4 N–H and O–H groups in total. The third kappa shape index (κ3) is 9.65. The van der Waals surface area contributed by atoms with Crippen molar-refractivity contribution in [3.8, 4) is 0 Å². The number of benzene rings is 2. The molecule has 2 aromatic rings. The molecule has 0 spiro atoms. The van der Waals surface area contributed by atoms with Crippen molar-refractivity contribution in [3.05, 3.63) is 82.9 Å². The molecule has 0 saturated carbocycles. The number of carbonyl (C=O) groups is 4. The topological polar surface area (TPSA) is 149 Å². The van der Waals surface area contributed by atoms with Crippen molar-refractivity contribution in [1.29, 1.82) is 0 Å². The van der Waals surface area contributed by atoms with Crippen LogP contribution in [0.3, 0.4) is 0 Å². The minimum Gasteiger partial charge on any atom is -0.481 e. The molecular weight excluding hydrogens is 392 g/mol. The Morgan fingerprint density at radius 3 is 1.10 bits per heavy atom. The van der Waals surface area contributed by atoms with E-state index in [0.717, 1.165) is 0 Å². The van der Waals surface area contributed by atoms with E-state index < -0.39 is 36.7 Å². The summed E-state index contributed by atoms with van der Waals surface area (Å²) in [5.41, 5.74) is 1.09. The zero-order chi connectivity index (χ0) is 22.5. The maximum absolute atomic E-state index is 10.7.